The van der Waals surface area contributed by atoms with Crippen LogP contribution in [-0.4, -0.2) is 11.2 Å². The van der Waals surface area contributed by atoms with Gasteiger partial charge in [-0.05, 0) is 41.5 Å². The van der Waals surface area contributed by atoms with Gasteiger partial charge in [0.05, 0.1) is 18.6 Å². The maximum absolute atomic E-state index is 10.3. The number of aliphatic hydroxyl groups is 1. The van der Waals surface area contributed by atoms with Crippen molar-refractivity contribution in [2.24, 2.45) is 5.92 Å². The Morgan fingerprint density at radius 1 is 1.18 bits per heavy atom. The van der Waals surface area contributed by atoms with Crippen LogP contribution in [-0.2, 0) is 19.3 Å². The summed E-state index contributed by atoms with van der Waals surface area (Å²) >= 11 is 0. The molecule has 0 spiro atoms. The second-order valence-electron chi connectivity index (χ2n) is 4.84. The van der Waals surface area contributed by atoms with Crippen molar-refractivity contribution in [2.45, 2.75) is 25.4 Å². The van der Waals surface area contributed by atoms with Crippen molar-refractivity contribution in [3.63, 3.8) is 0 Å². The van der Waals surface area contributed by atoms with Crippen LogP contribution < -0.4 is 0 Å². The highest BCUT2D eigenvalue weighted by molar-refractivity contribution is 5.32. The summed E-state index contributed by atoms with van der Waals surface area (Å²) in [7, 11) is 0. The molecular weight excluding hydrogens is 212 g/mol. The zero-order valence-corrected chi connectivity index (χ0v) is 9.67. The van der Waals surface area contributed by atoms with Crippen LogP contribution in [0, 0.1) is 5.92 Å². The third kappa shape index (κ3) is 2.13. The number of aliphatic hydroxyl groups excluding tert-OH is 1. The summed E-state index contributed by atoms with van der Waals surface area (Å²) in [5.74, 6) is 0.349. The Hall–Kier alpha value is -1.54. The fourth-order valence-electron chi connectivity index (χ4n) is 2.68. The maximum Gasteiger partial charge on any atom is 0.0935 e. The molecule has 1 heterocycles. The van der Waals surface area contributed by atoms with E-state index in [1.807, 2.05) is 6.07 Å². The van der Waals surface area contributed by atoms with E-state index in [0.717, 1.165) is 18.4 Å². The highest BCUT2D eigenvalue weighted by atomic mass is 16.3. The minimum absolute atomic E-state index is 0.278. The van der Waals surface area contributed by atoms with Crippen LogP contribution in [0.2, 0.25) is 0 Å². The second kappa shape index (κ2) is 4.38. The first-order valence-electron chi connectivity index (χ1n) is 6.09. The Balaban J connectivity index is 1.68. The molecule has 1 N–H and O–H groups in total. The normalized spacial score (nSPS) is 17.0. The quantitative estimate of drug-likeness (QED) is 0.876. The van der Waals surface area contributed by atoms with Gasteiger partial charge in [0.1, 0.15) is 0 Å². The summed E-state index contributed by atoms with van der Waals surface area (Å²) in [4.78, 5) is 0. The van der Waals surface area contributed by atoms with Crippen molar-refractivity contribution in [1.29, 1.82) is 0 Å². The lowest BCUT2D eigenvalue weighted by atomic mass is 9.95. The number of rotatable bonds is 3. The molecule has 1 aliphatic carbocycles. The van der Waals surface area contributed by atoms with E-state index < -0.39 is 0 Å². The number of fused-ring (bicyclic) bond motifs is 1. The van der Waals surface area contributed by atoms with E-state index in [1.54, 1.807) is 12.5 Å². The predicted molar refractivity (Wildman–Crippen MR) is 65.8 cm³/mol. The third-order valence-corrected chi connectivity index (χ3v) is 3.65. The van der Waals surface area contributed by atoms with Gasteiger partial charge < -0.3 is 9.52 Å². The fraction of sp³-hybridized carbons (Fsp3) is 0.333. The molecule has 0 fully saturated rings. The summed E-state index contributed by atoms with van der Waals surface area (Å²) in [5.41, 5.74) is 3.86. The van der Waals surface area contributed by atoms with Crippen LogP contribution in [0.5, 0.6) is 0 Å². The zero-order chi connectivity index (χ0) is 11.7. The lowest BCUT2D eigenvalue weighted by Crippen LogP contribution is -2.23. The SMILES string of the molecule is OC(Cc1ccoc1)C1Cc2ccccc2C1. The van der Waals surface area contributed by atoms with E-state index in [-0.39, 0.29) is 6.10 Å². The molecule has 0 bridgehead atoms. The van der Waals surface area contributed by atoms with Crippen molar-refractivity contribution >= 4 is 0 Å². The molecule has 1 atom stereocenters. The predicted octanol–water partition coefficient (Wildman–Crippen LogP) is 2.60. The Morgan fingerprint density at radius 2 is 1.88 bits per heavy atom. The largest absolute Gasteiger partial charge is 0.472 e. The van der Waals surface area contributed by atoms with E-state index >= 15 is 0 Å². The first-order chi connectivity index (χ1) is 8.33. The van der Waals surface area contributed by atoms with E-state index in [2.05, 4.69) is 24.3 Å². The molecule has 88 valence electrons. The molecular formula is C15H16O2. The van der Waals surface area contributed by atoms with Gasteiger partial charge in [0.25, 0.3) is 0 Å². The third-order valence-electron chi connectivity index (χ3n) is 3.65. The molecule has 0 amide bonds. The molecule has 0 aliphatic heterocycles. The van der Waals surface area contributed by atoms with Gasteiger partial charge in [-0.3, -0.25) is 0 Å². The molecule has 0 saturated carbocycles. The van der Waals surface area contributed by atoms with Crippen molar-refractivity contribution < 1.29 is 9.52 Å². The molecule has 0 saturated heterocycles. The van der Waals surface area contributed by atoms with E-state index in [4.69, 9.17) is 4.42 Å². The summed E-state index contributed by atoms with van der Waals surface area (Å²) < 4.78 is 5.03. The molecule has 2 nitrogen and oxygen atoms in total. The fourth-order valence-corrected chi connectivity index (χ4v) is 2.68. The van der Waals surface area contributed by atoms with E-state index in [0.29, 0.717) is 12.3 Å². The van der Waals surface area contributed by atoms with Crippen LogP contribution in [0.15, 0.2) is 47.3 Å². The van der Waals surface area contributed by atoms with Crippen LogP contribution in [0.4, 0.5) is 0 Å². The number of furan rings is 1. The van der Waals surface area contributed by atoms with Gasteiger partial charge in [-0.1, -0.05) is 24.3 Å². The van der Waals surface area contributed by atoms with Gasteiger partial charge >= 0.3 is 0 Å². The number of hydrogen-bond donors (Lipinski definition) is 1. The molecule has 0 radical (unpaired) electrons. The van der Waals surface area contributed by atoms with E-state index in [9.17, 15) is 5.11 Å². The van der Waals surface area contributed by atoms with Crippen molar-refractivity contribution in [2.75, 3.05) is 0 Å². The van der Waals surface area contributed by atoms with Gasteiger partial charge in [-0.2, -0.15) is 0 Å². The van der Waals surface area contributed by atoms with E-state index in [1.165, 1.54) is 11.1 Å². The summed E-state index contributed by atoms with van der Waals surface area (Å²) in [6.45, 7) is 0. The van der Waals surface area contributed by atoms with Crippen molar-refractivity contribution in [1.82, 2.24) is 0 Å². The molecule has 1 unspecified atom stereocenters. The number of benzene rings is 1. The topological polar surface area (TPSA) is 33.4 Å². The van der Waals surface area contributed by atoms with Gasteiger partial charge in [0.2, 0.25) is 0 Å². The lowest BCUT2D eigenvalue weighted by molar-refractivity contribution is 0.112. The highest BCUT2D eigenvalue weighted by Gasteiger charge is 2.27. The molecule has 3 rings (SSSR count). The first-order valence-corrected chi connectivity index (χ1v) is 6.09. The smallest absolute Gasteiger partial charge is 0.0935 e. The lowest BCUT2D eigenvalue weighted by Gasteiger charge is -2.16. The molecule has 17 heavy (non-hydrogen) atoms. The minimum Gasteiger partial charge on any atom is -0.472 e. The summed E-state index contributed by atoms with van der Waals surface area (Å²) in [6, 6.07) is 10.4. The Morgan fingerprint density at radius 3 is 2.47 bits per heavy atom. The summed E-state index contributed by atoms with van der Waals surface area (Å²) in [6.07, 6.45) is 5.77. The zero-order valence-electron chi connectivity index (χ0n) is 9.67. The highest BCUT2D eigenvalue weighted by Crippen LogP contribution is 2.29. The standard InChI is InChI=1S/C15H16O2/c16-15(7-11-5-6-17-10-11)14-8-12-3-1-2-4-13(12)9-14/h1-6,10,14-16H,7-9H2. The molecule has 1 aliphatic rings. The van der Waals surface area contributed by atoms with Gasteiger partial charge in [-0.25, -0.2) is 0 Å². The molecule has 2 aromatic rings. The Labute approximate surface area is 101 Å². The average Bonchev–Trinajstić information content (AvgIpc) is 2.96. The average molecular weight is 228 g/mol. The molecule has 2 heteroatoms. The van der Waals surface area contributed by atoms with Gasteiger partial charge in [0.15, 0.2) is 0 Å². The van der Waals surface area contributed by atoms with Crippen molar-refractivity contribution in [3.05, 3.63) is 59.5 Å². The maximum atomic E-state index is 10.3. The summed E-state index contributed by atoms with van der Waals surface area (Å²) in [5, 5.41) is 10.3. The number of hydrogen-bond acceptors (Lipinski definition) is 2. The second-order valence-corrected chi connectivity index (χ2v) is 4.84. The van der Waals surface area contributed by atoms with Crippen LogP contribution >= 0.6 is 0 Å². The minimum atomic E-state index is -0.278. The van der Waals surface area contributed by atoms with Crippen LogP contribution in [0.1, 0.15) is 16.7 Å². The van der Waals surface area contributed by atoms with Gasteiger partial charge in [0, 0.05) is 6.42 Å². The Bertz CT molecular complexity index is 462. The van der Waals surface area contributed by atoms with Crippen LogP contribution in [0.25, 0.3) is 0 Å². The molecule has 1 aromatic carbocycles. The first kappa shape index (κ1) is 10.6. The molecule has 1 aromatic heterocycles. The monoisotopic (exact) mass is 228 g/mol. The van der Waals surface area contributed by atoms with Crippen molar-refractivity contribution in [3.8, 4) is 0 Å². The van der Waals surface area contributed by atoms with Gasteiger partial charge in [-0.15, -0.1) is 0 Å². The Kier molecular flexibility index (Phi) is 2.73. The van der Waals surface area contributed by atoms with Crippen LogP contribution in [0.3, 0.4) is 0 Å².